The lowest BCUT2D eigenvalue weighted by atomic mass is 10.2. The van der Waals surface area contributed by atoms with Crippen LogP contribution in [0.3, 0.4) is 0 Å². The normalized spacial score (nSPS) is 16.7. The van der Waals surface area contributed by atoms with E-state index in [0.717, 1.165) is 42.3 Å². The summed E-state index contributed by atoms with van der Waals surface area (Å²) in [6, 6.07) is 2.12. The summed E-state index contributed by atoms with van der Waals surface area (Å²) in [6.45, 7) is 5.55. The molecule has 0 aliphatic carbocycles. The highest BCUT2D eigenvalue weighted by Gasteiger charge is 2.27. The van der Waals surface area contributed by atoms with Crippen molar-refractivity contribution >= 4 is 29.0 Å². The van der Waals surface area contributed by atoms with Crippen LogP contribution in [-0.2, 0) is 0 Å². The van der Waals surface area contributed by atoms with Gasteiger partial charge < -0.3 is 15.1 Å². The highest BCUT2D eigenvalue weighted by Crippen LogP contribution is 2.27. The van der Waals surface area contributed by atoms with Crippen LogP contribution >= 0.6 is 11.6 Å². The molecule has 7 nitrogen and oxygen atoms in total. The Kier molecular flexibility index (Phi) is 5.27. The molecule has 3 rings (SSSR count). The molecule has 1 atom stereocenters. The Morgan fingerprint density at radius 1 is 1.35 bits per heavy atom. The second-order valence-corrected chi connectivity index (χ2v) is 7.12. The first-order valence-electron chi connectivity index (χ1n) is 8.54. The number of hydrogen-bond acceptors (Lipinski definition) is 6. The number of aryl methyl sites for hydroxylation is 1. The summed E-state index contributed by atoms with van der Waals surface area (Å²) in [5.74, 6) is 0.876. The minimum absolute atomic E-state index is 0.188. The maximum atomic E-state index is 12.3. The third-order valence-electron chi connectivity index (χ3n) is 4.58. The summed E-state index contributed by atoms with van der Waals surface area (Å²) in [6.07, 6.45) is 4.31. The first-order chi connectivity index (χ1) is 12.4. The maximum Gasteiger partial charge on any atom is 0.291 e. The summed E-state index contributed by atoms with van der Waals surface area (Å²) in [5, 5.41) is 4.08. The van der Waals surface area contributed by atoms with Crippen molar-refractivity contribution in [1.82, 2.24) is 19.9 Å². The first-order valence-corrected chi connectivity index (χ1v) is 8.92. The molecule has 0 spiro atoms. The van der Waals surface area contributed by atoms with Gasteiger partial charge in [0.25, 0.3) is 5.91 Å². The predicted molar refractivity (Wildman–Crippen MR) is 103 cm³/mol. The fraction of sp³-hybridized carbons (Fsp3) is 0.444. The summed E-state index contributed by atoms with van der Waals surface area (Å²) in [5.41, 5.74) is 2.71. The molecule has 2 aromatic rings. The Balaban J connectivity index is 1.80. The second-order valence-electron chi connectivity index (χ2n) is 6.71. The number of carbonyl (C=O) groups is 1. The van der Waals surface area contributed by atoms with E-state index in [2.05, 4.69) is 25.2 Å². The Bertz CT molecular complexity index is 825. The van der Waals surface area contributed by atoms with Gasteiger partial charge in [0.2, 0.25) is 5.82 Å². The van der Waals surface area contributed by atoms with Crippen LogP contribution in [0.5, 0.6) is 0 Å². The molecule has 1 aliphatic rings. The maximum absolute atomic E-state index is 12.3. The van der Waals surface area contributed by atoms with Gasteiger partial charge in [0, 0.05) is 56.9 Å². The van der Waals surface area contributed by atoms with Gasteiger partial charge in [-0.3, -0.25) is 9.78 Å². The van der Waals surface area contributed by atoms with Crippen LogP contribution in [0.25, 0.3) is 0 Å². The van der Waals surface area contributed by atoms with Crippen LogP contribution in [0.2, 0.25) is 5.02 Å². The van der Waals surface area contributed by atoms with Crippen LogP contribution in [0, 0.1) is 13.8 Å². The van der Waals surface area contributed by atoms with Gasteiger partial charge in [0.1, 0.15) is 5.82 Å². The number of hydrogen-bond donors (Lipinski definition) is 1. The fourth-order valence-electron chi connectivity index (χ4n) is 3.00. The molecule has 26 heavy (non-hydrogen) atoms. The fourth-order valence-corrected chi connectivity index (χ4v) is 3.17. The number of nitrogens with zero attached hydrogens (tertiary/aromatic N) is 5. The van der Waals surface area contributed by atoms with Crippen LogP contribution in [0.4, 0.5) is 11.5 Å². The zero-order valence-electron chi connectivity index (χ0n) is 15.5. The smallest absolute Gasteiger partial charge is 0.291 e. The number of amides is 1. The zero-order valence-corrected chi connectivity index (χ0v) is 16.2. The van der Waals surface area contributed by atoms with Crippen molar-refractivity contribution in [1.29, 1.82) is 0 Å². The van der Waals surface area contributed by atoms with E-state index in [4.69, 9.17) is 11.6 Å². The van der Waals surface area contributed by atoms with Gasteiger partial charge in [-0.1, -0.05) is 11.6 Å². The van der Waals surface area contributed by atoms with Crippen molar-refractivity contribution in [2.24, 2.45) is 0 Å². The molecule has 0 radical (unpaired) electrons. The third-order valence-corrected chi connectivity index (χ3v) is 4.88. The van der Waals surface area contributed by atoms with Crippen molar-refractivity contribution < 1.29 is 4.79 Å². The monoisotopic (exact) mass is 374 g/mol. The molecular weight excluding hydrogens is 352 g/mol. The quantitative estimate of drug-likeness (QED) is 0.886. The lowest BCUT2D eigenvalue weighted by Crippen LogP contribution is -2.30. The van der Waals surface area contributed by atoms with Crippen molar-refractivity contribution in [2.45, 2.75) is 26.3 Å². The highest BCUT2D eigenvalue weighted by molar-refractivity contribution is 6.33. The van der Waals surface area contributed by atoms with Gasteiger partial charge in [-0.2, -0.15) is 0 Å². The van der Waals surface area contributed by atoms with E-state index in [1.165, 1.54) is 4.90 Å². The molecule has 0 bridgehead atoms. The van der Waals surface area contributed by atoms with E-state index in [9.17, 15) is 4.79 Å². The molecule has 1 saturated heterocycles. The third kappa shape index (κ3) is 3.72. The lowest BCUT2D eigenvalue weighted by Gasteiger charge is -2.22. The SMILES string of the molecule is Cc1nc(C(=O)N(C)C)nc(N2CC[C@@H](Nc3ccncc3Cl)C2)c1C. The van der Waals surface area contributed by atoms with Gasteiger partial charge >= 0.3 is 0 Å². The minimum Gasteiger partial charge on any atom is -0.379 e. The number of anilines is 2. The van der Waals surface area contributed by atoms with Gasteiger partial charge in [-0.25, -0.2) is 9.97 Å². The summed E-state index contributed by atoms with van der Waals surface area (Å²) in [7, 11) is 3.41. The average Bonchev–Trinajstić information content (AvgIpc) is 3.06. The second kappa shape index (κ2) is 7.45. The Hall–Kier alpha value is -2.41. The van der Waals surface area contributed by atoms with Crippen molar-refractivity contribution in [3.05, 3.63) is 40.6 Å². The van der Waals surface area contributed by atoms with Gasteiger partial charge in [0.05, 0.1) is 10.7 Å². The highest BCUT2D eigenvalue weighted by atomic mass is 35.5. The lowest BCUT2D eigenvalue weighted by molar-refractivity contribution is 0.0815. The number of rotatable bonds is 4. The molecule has 1 N–H and O–H groups in total. The number of halogens is 1. The predicted octanol–water partition coefficient (Wildman–Crippen LogP) is 2.53. The van der Waals surface area contributed by atoms with E-state index in [1.807, 2.05) is 19.9 Å². The molecule has 2 aromatic heterocycles. The standard InChI is InChI=1S/C18H23ClN6O/c1-11-12(2)21-16(18(26)24(3)4)23-17(11)25-8-6-13(10-25)22-15-5-7-20-9-14(15)19/h5,7,9,13H,6,8,10H2,1-4H3,(H,20,22)/t13-/m1/s1. The number of nitrogens with one attached hydrogen (secondary N) is 1. The van der Waals surface area contributed by atoms with Crippen molar-refractivity contribution in [2.75, 3.05) is 37.4 Å². The first kappa shape index (κ1) is 18.4. The average molecular weight is 375 g/mol. The van der Waals surface area contributed by atoms with Crippen molar-refractivity contribution in [3.63, 3.8) is 0 Å². The van der Waals surface area contributed by atoms with Gasteiger partial charge in [-0.15, -0.1) is 0 Å². The number of aromatic nitrogens is 3. The Labute approximate surface area is 158 Å². The van der Waals surface area contributed by atoms with E-state index in [-0.39, 0.29) is 17.8 Å². The molecule has 1 fully saturated rings. The Morgan fingerprint density at radius 3 is 2.81 bits per heavy atom. The molecule has 3 heterocycles. The molecule has 8 heteroatoms. The molecular formula is C18H23ClN6O. The van der Waals surface area contributed by atoms with Crippen molar-refractivity contribution in [3.8, 4) is 0 Å². The molecule has 0 unspecified atom stereocenters. The van der Waals surface area contributed by atoms with E-state index in [1.54, 1.807) is 26.5 Å². The molecule has 138 valence electrons. The summed E-state index contributed by atoms with van der Waals surface area (Å²) < 4.78 is 0. The van der Waals surface area contributed by atoms with Crippen LogP contribution < -0.4 is 10.2 Å². The molecule has 1 aliphatic heterocycles. The zero-order chi connectivity index (χ0) is 18.8. The summed E-state index contributed by atoms with van der Waals surface area (Å²) in [4.78, 5) is 28.9. The van der Waals surface area contributed by atoms with Crippen LogP contribution in [0.1, 0.15) is 28.3 Å². The van der Waals surface area contributed by atoms with E-state index < -0.39 is 0 Å². The van der Waals surface area contributed by atoms with E-state index >= 15 is 0 Å². The number of pyridine rings is 1. The Morgan fingerprint density at radius 2 is 2.12 bits per heavy atom. The van der Waals surface area contributed by atoms with Crippen LogP contribution in [0.15, 0.2) is 18.5 Å². The largest absolute Gasteiger partial charge is 0.379 e. The summed E-state index contributed by atoms with van der Waals surface area (Å²) >= 11 is 6.19. The van der Waals surface area contributed by atoms with E-state index in [0.29, 0.717) is 5.02 Å². The molecule has 1 amide bonds. The van der Waals surface area contributed by atoms with Gasteiger partial charge in [0.15, 0.2) is 0 Å². The van der Waals surface area contributed by atoms with Crippen LogP contribution in [-0.4, -0.2) is 59.0 Å². The molecule has 0 aromatic carbocycles. The van der Waals surface area contributed by atoms with Gasteiger partial charge in [-0.05, 0) is 26.3 Å². The molecule has 0 saturated carbocycles. The number of carbonyl (C=O) groups excluding carboxylic acids is 1. The topological polar surface area (TPSA) is 74.2 Å². The minimum atomic E-state index is -0.188.